The summed E-state index contributed by atoms with van der Waals surface area (Å²) < 4.78 is 0. The van der Waals surface area contributed by atoms with E-state index in [9.17, 15) is 14.9 Å². The number of hydrogen-bond acceptors (Lipinski definition) is 4. The Morgan fingerprint density at radius 3 is 3.00 bits per heavy atom. The molecule has 102 valence electrons. The summed E-state index contributed by atoms with van der Waals surface area (Å²) in [6, 6.07) is 5.76. The predicted octanol–water partition coefficient (Wildman–Crippen LogP) is 1.44. The van der Waals surface area contributed by atoms with E-state index in [0.29, 0.717) is 18.7 Å². The molecule has 0 aliphatic carbocycles. The fourth-order valence-electron chi connectivity index (χ4n) is 2.33. The fourth-order valence-corrected chi connectivity index (χ4v) is 2.33. The monoisotopic (exact) mass is 264 g/mol. The molecule has 0 spiro atoms. The average Bonchev–Trinajstić information content (AvgIpc) is 2.46. The lowest BCUT2D eigenvalue weighted by atomic mass is 9.98. The highest BCUT2D eigenvalue weighted by Crippen LogP contribution is 2.20. The maximum Gasteiger partial charge on any atom is 0.270 e. The maximum atomic E-state index is 12.3. The summed E-state index contributed by atoms with van der Waals surface area (Å²) in [6.07, 6.45) is 1.76. The van der Waals surface area contributed by atoms with Gasteiger partial charge in [-0.25, -0.2) is 0 Å². The predicted molar refractivity (Wildman–Crippen MR) is 68.8 cm³/mol. The molecule has 1 saturated heterocycles. The zero-order valence-electron chi connectivity index (χ0n) is 10.5. The van der Waals surface area contributed by atoms with Gasteiger partial charge in [-0.15, -0.1) is 0 Å². The van der Waals surface area contributed by atoms with E-state index in [-0.39, 0.29) is 24.1 Å². The van der Waals surface area contributed by atoms with Crippen molar-refractivity contribution in [2.75, 3.05) is 19.7 Å². The molecule has 1 N–H and O–H groups in total. The third-order valence-electron chi connectivity index (χ3n) is 3.37. The van der Waals surface area contributed by atoms with Crippen molar-refractivity contribution < 1.29 is 14.8 Å². The second kappa shape index (κ2) is 5.79. The van der Waals surface area contributed by atoms with Gasteiger partial charge in [0.2, 0.25) is 0 Å². The van der Waals surface area contributed by atoms with E-state index < -0.39 is 4.92 Å². The summed E-state index contributed by atoms with van der Waals surface area (Å²) in [5.74, 6) is -0.0988. The molecule has 0 bridgehead atoms. The van der Waals surface area contributed by atoms with Gasteiger partial charge in [-0.05, 0) is 24.8 Å². The van der Waals surface area contributed by atoms with E-state index in [1.807, 2.05) is 0 Å². The van der Waals surface area contributed by atoms with Crippen molar-refractivity contribution in [3.8, 4) is 0 Å². The second-order valence-electron chi connectivity index (χ2n) is 4.75. The number of likely N-dealkylation sites (tertiary alicyclic amines) is 1. The van der Waals surface area contributed by atoms with Gasteiger partial charge in [0.1, 0.15) is 0 Å². The van der Waals surface area contributed by atoms with Gasteiger partial charge < -0.3 is 10.0 Å². The first-order chi connectivity index (χ1) is 9.11. The summed E-state index contributed by atoms with van der Waals surface area (Å²) >= 11 is 0. The van der Waals surface area contributed by atoms with Crippen molar-refractivity contribution >= 4 is 11.6 Å². The van der Waals surface area contributed by atoms with Crippen molar-refractivity contribution in [2.45, 2.75) is 12.8 Å². The highest BCUT2D eigenvalue weighted by atomic mass is 16.6. The molecule has 1 unspecified atom stereocenters. The summed E-state index contributed by atoms with van der Waals surface area (Å²) in [6.45, 7) is 1.22. The number of nitro groups is 1. The number of hydrogen-bond donors (Lipinski definition) is 1. The fraction of sp³-hybridized carbons (Fsp3) is 0.462. The summed E-state index contributed by atoms with van der Waals surface area (Å²) in [4.78, 5) is 24.1. The van der Waals surface area contributed by atoms with E-state index in [4.69, 9.17) is 5.11 Å². The zero-order valence-corrected chi connectivity index (χ0v) is 10.5. The number of nitrogens with zero attached hydrogens (tertiary/aromatic N) is 2. The largest absolute Gasteiger partial charge is 0.396 e. The Hall–Kier alpha value is -1.95. The molecule has 1 atom stereocenters. The van der Waals surface area contributed by atoms with Crippen LogP contribution in [0.5, 0.6) is 0 Å². The lowest BCUT2D eigenvalue weighted by molar-refractivity contribution is -0.384. The van der Waals surface area contributed by atoms with Gasteiger partial charge in [0.05, 0.1) is 4.92 Å². The van der Waals surface area contributed by atoms with Crippen molar-refractivity contribution in [2.24, 2.45) is 5.92 Å². The van der Waals surface area contributed by atoms with Crippen molar-refractivity contribution in [1.29, 1.82) is 0 Å². The molecular weight excluding hydrogens is 248 g/mol. The number of carbonyl (C=O) groups is 1. The minimum Gasteiger partial charge on any atom is -0.396 e. The summed E-state index contributed by atoms with van der Waals surface area (Å²) in [7, 11) is 0. The number of benzene rings is 1. The first-order valence-corrected chi connectivity index (χ1v) is 6.26. The van der Waals surface area contributed by atoms with Gasteiger partial charge >= 0.3 is 0 Å². The van der Waals surface area contributed by atoms with Crippen molar-refractivity contribution in [3.05, 3.63) is 39.9 Å². The van der Waals surface area contributed by atoms with Crippen LogP contribution in [0.3, 0.4) is 0 Å². The number of rotatable bonds is 3. The Balaban J connectivity index is 2.14. The molecule has 1 aliphatic heterocycles. The highest BCUT2D eigenvalue weighted by molar-refractivity contribution is 5.94. The molecule has 0 saturated carbocycles. The Labute approximate surface area is 110 Å². The molecule has 2 rings (SSSR count). The Morgan fingerprint density at radius 1 is 1.53 bits per heavy atom. The lowest BCUT2D eigenvalue weighted by Crippen LogP contribution is -2.40. The zero-order chi connectivity index (χ0) is 13.8. The Kier molecular flexibility index (Phi) is 4.11. The molecule has 1 amide bonds. The van der Waals surface area contributed by atoms with Gasteiger partial charge in [0, 0.05) is 37.4 Å². The van der Waals surface area contributed by atoms with Crippen LogP contribution in [0.4, 0.5) is 5.69 Å². The smallest absolute Gasteiger partial charge is 0.270 e. The standard InChI is InChI=1S/C13H16N2O4/c16-9-10-3-2-6-14(8-10)13(17)11-4-1-5-12(7-11)15(18)19/h1,4-5,7,10,16H,2-3,6,8-9H2. The van der Waals surface area contributed by atoms with Crippen LogP contribution in [-0.2, 0) is 0 Å². The van der Waals surface area contributed by atoms with Crippen LogP contribution in [-0.4, -0.2) is 40.5 Å². The summed E-state index contributed by atoms with van der Waals surface area (Å²) in [5, 5.41) is 19.8. The van der Waals surface area contributed by atoms with Crippen LogP contribution in [0.15, 0.2) is 24.3 Å². The molecule has 19 heavy (non-hydrogen) atoms. The van der Waals surface area contributed by atoms with Gasteiger partial charge in [0.25, 0.3) is 11.6 Å². The van der Waals surface area contributed by atoms with Crippen LogP contribution in [0.1, 0.15) is 23.2 Å². The number of nitro benzene ring substituents is 1. The number of piperidine rings is 1. The van der Waals surface area contributed by atoms with Crippen molar-refractivity contribution in [1.82, 2.24) is 4.90 Å². The van der Waals surface area contributed by atoms with Crippen LogP contribution in [0, 0.1) is 16.0 Å². The van der Waals surface area contributed by atoms with E-state index in [1.54, 1.807) is 11.0 Å². The third-order valence-corrected chi connectivity index (χ3v) is 3.37. The molecule has 1 aromatic rings. The Morgan fingerprint density at radius 2 is 2.32 bits per heavy atom. The van der Waals surface area contributed by atoms with Gasteiger partial charge in [-0.2, -0.15) is 0 Å². The van der Waals surface area contributed by atoms with E-state index in [2.05, 4.69) is 0 Å². The highest BCUT2D eigenvalue weighted by Gasteiger charge is 2.24. The first kappa shape index (κ1) is 13.5. The second-order valence-corrected chi connectivity index (χ2v) is 4.75. The molecule has 0 radical (unpaired) electrons. The normalized spacial score (nSPS) is 19.2. The van der Waals surface area contributed by atoms with Gasteiger partial charge in [0.15, 0.2) is 0 Å². The average molecular weight is 264 g/mol. The number of amides is 1. The van der Waals surface area contributed by atoms with Crippen LogP contribution in [0.2, 0.25) is 0 Å². The third kappa shape index (κ3) is 3.08. The van der Waals surface area contributed by atoms with E-state index in [0.717, 1.165) is 12.8 Å². The molecule has 1 heterocycles. The number of aliphatic hydroxyl groups is 1. The maximum absolute atomic E-state index is 12.3. The van der Waals surface area contributed by atoms with E-state index >= 15 is 0 Å². The number of carbonyl (C=O) groups excluding carboxylic acids is 1. The molecule has 6 heteroatoms. The van der Waals surface area contributed by atoms with E-state index in [1.165, 1.54) is 18.2 Å². The lowest BCUT2D eigenvalue weighted by Gasteiger charge is -2.31. The SMILES string of the molecule is O=C(c1cccc([N+](=O)[O-])c1)N1CCCC(CO)C1. The number of aliphatic hydroxyl groups excluding tert-OH is 1. The van der Waals surface area contributed by atoms with Crippen molar-refractivity contribution in [3.63, 3.8) is 0 Å². The topological polar surface area (TPSA) is 83.7 Å². The van der Waals surface area contributed by atoms with Crippen LogP contribution in [0.25, 0.3) is 0 Å². The molecule has 1 aromatic carbocycles. The minimum atomic E-state index is -0.510. The number of non-ortho nitro benzene ring substituents is 1. The summed E-state index contributed by atoms with van der Waals surface area (Å²) in [5.41, 5.74) is 0.245. The molecule has 1 fully saturated rings. The molecule has 1 aliphatic rings. The quantitative estimate of drug-likeness (QED) is 0.661. The first-order valence-electron chi connectivity index (χ1n) is 6.26. The Bertz CT molecular complexity index is 489. The van der Waals surface area contributed by atoms with Crippen LogP contribution >= 0.6 is 0 Å². The van der Waals surface area contributed by atoms with Crippen LogP contribution < -0.4 is 0 Å². The minimum absolute atomic E-state index is 0.0682. The van der Waals surface area contributed by atoms with Gasteiger partial charge in [-0.1, -0.05) is 6.07 Å². The molecular formula is C13H16N2O4. The molecule has 0 aromatic heterocycles. The van der Waals surface area contributed by atoms with Gasteiger partial charge in [-0.3, -0.25) is 14.9 Å². The molecule has 6 nitrogen and oxygen atoms in total.